The van der Waals surface area contributed by atoms with Crippen LogP contribution < -0.4 is 15.8 Å². The first-order valence-corrected chi connectivity index (χ1v) is 6.27. The van der Waals surface area contributed by atoms with E-state index in [1.165, 1.54) is 11.3 Å². The van der Waals surface area contributed by atoms with Crippen molar-refractivity contribution in [2.45, 2.75) is 13.1 Å². The second-order valence-electron chi connectivity index (χ2n) is 4.65. The molecule has 1 aromatic carbocycles. The van der Waals surface area contributed by atoms with Gasteiger partial charge in [-0.3, -0.25) is 0 Å². The molecule has 0 saturated carbocycles. The number of aromatic nitrogens is 1. The summed E-state index contributed by atoms with van der Waals surface area (Å²) in [5.74, 6) is 0.731. The molecule has 0 radical (unpaired) electrons. The summed E-state index contributed by atoms with van der Waals surface area (Å²) in [4.78, 5) is 3.38. The van der Waals surface area contributed by atoms with Crippen LogP contribution >= 0.6 is 0 Å². The number of nitrogens with one attached hydrogen (secondary N) is 2. The van der Waals surface area contributed by atoms with E-state index in [1.807, 2.05) is 18.2 Å². The Morgan fingerprint density at radius 1 is 1.42 bits per heavy atom. The standard InChI is InChI=1S/C14H16FN3O/c15-4-9(5-16)8-19-10-1-2-13-11(3-10)12-6-17-7-14(12)18-13/h1-4,17-18H,5-8,16H2/b9-4+. The Morgan fingerprint density at radius 3 is 3.11 bits per heavy atom. The highest BCUT2D eigenvalue weighted by Gasteiger charge is 2.16. The minimum Gasteiger partial charge on any atom is -0.489 e. The third kappa shape index (κ3) is 2.22. The van der Waals surface area contributed by atoms with Crippen molar-refractivity contribution in [1.82, 2.24) is 10.3 Å². The minimum absolute atomic E-state index is 0.169. The Balaban J connectivity index is 1.85. The Bertz CT molecular complexity index is 633. The Kier molecular flexibility index (Phi) is 3.23. The molecule has 2 heterocycles. The summed E-state index contributed by atoms with van der Waals surface area (Å²) in [7, 11) is 0. The molecule has 0 saturated heterocycles. The summed E-state index contributed by atoms with van der Waals surface area (Å²) < 4.78 is 18.0. The number of hydrogen-bond donors (Lipinski definition) is 3. The van der Waals surface area contributed by atoms with Crippen molar-refractivity contribution in [2.75, 3.05) is 13.2 Å². The van der Waals surface area contributed by atoms with Gasteiger partial charge < -0.3 is 20.8 Å². The summed E-state index contributed by atoms with van der Waals surface area (Å²) in [6, 6.07) is 5.86. The van der Waals surface area contributed by atoms with E-state index in [0.29, 0.717) is 11.9 Å². The van der Waals surface area contributed by atoms with Crippen LogP contribution in [0.15, 0.2) is 30.1 Å². The quantitative estimate of drug-likeness (QED) is 0.788. The maximum atomic E-state index is 12.4. The van der Waals surface area contributed by atoms with Gasteiger partial charge in [-0.15, -0.1) is 0 Å². The normalized spacial score (nSPS) is 14.9. The van der Waals surface area contributed by atoms with Gasteiger partial charge in [0, 0.05) is 41.8 Å². The highest BCUT2D eigenvalue weighted by atomic mass is 19.1. The number of aromatic amines is 1. The number of ether oxygens (including phenoxy) is 1. The number of rotatable bonds is 4. The molecule has 0 spiro atoms. The van der Waals surface area contributed by atoms with Crippen LogP contribution in [0.1, 0.15) is 11.3 Å². The van der Waals surface area contributed by atoms with Crippen LogP contribution in [0, 0.1) is 0 Å². The number of fused-ring (bicyclic) bond motifs is 3. The first-order chi connectivity index (χ1) is 9.31. The Labute approximate surface area is 110 Å². The van der Waals surface area contributed by atoms with E-state index >= 15 is 0 Å². The predicted molar refractivity (Wildman–Crippen MR) is 72.6 cm³/mol. The van der Waals surface area contributed by atoms with Crippen LogP contribution in [-0.4, -0.2) is 18.1 Å². The van der Waals surface area contributed by atoms with E-state index in [4.69, 9.17) is 10.5 Å². The Hall–Kier alpha value is -1.85. The van der Waals surface area contributed by atoms with Gasteiger partial charge in [0.2, 0.25) is 0 Å². The first-order valence-electron chi connectivity index (χ1n) is 6.27. The van der Waals surface area contributed by atoms with E-state index in [1.54, 1.807) is 0 Å². The molecule has 4 N–H and O–H groups in total. The average Bonchev–Trinajstić information content (AvgIpc) is 3.00. The second-order valence-corrected chi connectivity index (χ2v) is 4.65. The summed E-state index contributed by atoms with van der Waals surface area (Å²) >= 11 is 0. The molecular weight excluding hydrogens is 245 g/mol. The van der Waals surface area contributed by atoms with Crippen molar-refractivity contribution in [3.63, 3.8) is 0 Å². The zero-order valence-corrected chi connectivity index (χ0v) is 10.5. The van der Waals surface area contributed by atoms with Gasteiger partial charge in [0.15, 0.2) is 0 Å². The van der Waals surface area contributed by atoms with Gasteiger partial charge in [0.25, 0.3) is 0 Å². The van der Waals surface area contributed by atoms with E-state index < -0.39 is 0 Å². The van der Waals surface area contributed by atoms with Crippen LogP contribution in [0.2, 0.25) is 0 Å². The van der Waals surface area contributed by atoms with Gasteiger partial charge in [-0.2, -0.15) is 0 Å². The first kappa shape index (κ1) is 12.2. The summed E-state index contributed by atoms with van der Waals surface area (Å²) in [6.45, 7) is 2.10. The summed E-state index contributed by atoms with van der Waals surface area (Å²) in [6.07, 6.45) is 0.510. The van der Waals surface area contributed by atoms with Crippen LogP contribution in [0.3, 0.4) is 0 Å². The molecule has 19 heavy (non-hydrogen) atoms. The molecule has 0 unspecified atom stereocenters. The molecule has 1 aliphatic heterocycles. The van der Waals surface area contributed by atoms with Crippen molar-refractivity contribution in [3.8, 4) is 5.75 Å². The van der Waals surface area contributed by atoms with Gasteiger partial charge in [-0.05, 0) is 23.8 Å². The van der Waals surface area contributed by atoms with Gasteiger partial charge in [0.05, 0.1) is 6.33 Å². The van der Waals surface area contributed by atoms with Crippen molar-refractivity contribution in [2.24, 2.45) is 5.73 Å². The van der Waals surface area contributed by atoms with Gasteiger partial charge in [-0.1, -0.05) is 0 Å². The molecule has 1 aromatic heterocycles. The van der Waals surface area contributed by atoms with E-state index in [9.17, 15) is 4.39 Å². The SMILES string of the molecule is NC/C(=C\F)COc1ccc2[nH]c3c(c2c1)CNC3. The molecule has 2 aromatic rings. The highest BCUT2D eigenvalue weighted by Crippen LogP contribution is 2.29. The monoisotopic (exact) mass is 261 g/mol. The van der Waals surface area contributed by atoms with Crippen molar-refractivity contribution in [1.29, 1.82) is 0 Å². The fraction of sp³-hybridized carbons (Fsp3) is 0.286. The smallest absolute Gasteiger partial charge is 0.120 e. The zero-order valence-electron chi connectivity index (χ0n) is 10.5. The maximum absolute atomic E-state index is 12.4. The number of H-pyrrole nitrogens is 1. The molecule has 4 nitrogen and oxygen atoms in total. The van der Waals surface area contributed by atoms with Crippen molar-refractivity contribution < 1.29 is 9.13 Å². The molecule has 5 heteroatoms. The number of nitrogens with two attached hydrogens (primary N) is 1. The topological polar surface area (TPSA) is 63.1 Å². The van der Waals surface area contributed by atoms with Gasteiger partial charge >= 0.3 is 0 Å². The molecule has 0 bridgehead atoms. The molecule has 100 valence electrons. The largest absolute Gasteiger partial charge is 0.489 e. The maximum Gasteiger partial charge on any atom is 0.120 e. The van der Waals surface area contributed by atoms with Crippen LogP contribution in [-0.2, 0) is 13.1 Å². The van der Waals surface area contributed by atoms with Crippen molar-refractivity contribution >= 4 is 10.9 Å². The van der Waals surface area contributed by atoms with E-state index in [0.717, 1.165) is 29.7 Å². The minimum atomic E-state index is 0.169. The molecule has 3 rings (SSSR count). The lowest BCUT2D eigenvalue weighted by Crippen LogP contribution is -2.10. The van der Waals surface area contributed by atoms with Crippen LogP contribution in [0.25, 0.3) is 10.9 Å². The van der Waals surface area contributed by atoms with Gasteiger partial charge in [0.1, 0.15) is 12.4 Å². The molecule has 0 amide bonds. The van der Waals surface area contributed by atoms with Crippen LogP contribution in [0.4, 0.5) is 4.39 Å². The Morgan fingerprint density at radius 2 is 2.32 bits per heavy atom. The summed E-state index contributed by atoms with van der Waals surface area (Å²) in [5, 5.41) is 4.46. The molecule has 0 fully saturated rings. The summed E-state index contributed by atoms with van der Waals surface area (Å²) in [5.41, 5.74) is 9.48. The third-order valence-electron chi connectivity index (χ3n) is 3.41. The number of halogens is 1. The number of benzene rings is 1. The number of hydrogen-bond acceptors (Lipinski definition) is 3. The fourth-order valence-electron chi connectivity index (χ4n) is 2.35. The van der Waals surface area contributed by atoms with Crippen molar-refractivity contribution in [3.05, 3.63) is 41.4 Å². The van der Waals surface area contributed by atoms with Crippen LogP contribution in [0.5, 0.6) is 5.75 Å². The van der Waals surface area contributed by atoms with E-state index in [2.05, 4.69) is 10.3 Å². The lowest BCUT2D eigenvalue weighted by Gasteiger charge is -2.07. The molecular formula is C14H16FN3O. The second kappa shape index (κ2) is 5.03. The molecule has 0 atom stereocenters. The van der Waals surface area contributed by atoms with E-state index in [-0.39, 0.29) is 13.2 Å². The van der Waals surface area contributed by atoms with Gasteiger partial charge in [-0.25, -0.2) is 4.39 Å². The zero-order chi connectivity index (χ0) is 13.2. The average molecular weight is 261 g/mol. The molecule has 1 aliphatic rings. The third-order valence-corrected chi connectivity index (χ3v) is 3.41. The lowest BCUT2D eigenvalue weighted by atomic mass is 10.1. The fourth-order valence-corrected chi connectivity index (χ4v) is 2.35. The predicted octanol–water partition coefficient (Wildman–Crippen LogP) is 1.96. The lowest BCUT2D eigenvalue weighted by molar-refractivity contribution is 0.348. The molecule has 0 aliphatic carbocycles. The highest BCUT2D eigenvalue weighted by molar-refractivity contribution is 5.86.